The molecule has 100 valence electrons. The standard InChI is InChI=1S/C13H19BrN2O2/c1-9-10-5-6-11(14)16(10)8-7-15(9)12(17)18-13(2,3)4/h5-6,9H,7-8H2,1-4H3. The fourth-order valence-corrected chi connectivity index (χ4v) is 2.70. The van der Waals surface area contributed by atoms with Gasteiger partial charge in [-0.15, -0.1) is 0 Å². The predicted octanol–water partition coefficient (Wildman–Crippen LogP) is 3.56. The average Bonchev–Trinajstić information content (AvgIpc) is 2.59. The van der Waals surface area contributed by atoms with Gasteiger partial charge in [-0.25, -0.2) is 4.79 Å². The van der Waals surface area contributed by atoms with Crippen LogP contribution < -0.4 is 0 Å². The number of amides is 1. The van der Waals surface area contributed by atoms with Crippen molar-refractivity contribution < 1.29 is 9.53 Å². The van der Waals surface area contributed by atoms with Gasteiger partial charge in [-0.3, -0.25) is 4.90 Å². The lowest BCUT2D eigenvalue weighted by Gasteiger charge is -2.36. The fraction of sp³-hybridized carbons (Fsp3) is 0.615. The summed E-state index contributed by atoms with van der Waals surface area (Å²) in [6.07, 6.45) is -0.237. The molecular weight excluding hydrogens is 296 g/mol. The number of halogens is 1. The number of hydrogen-bond acceptors (Lipinski definition) is 2. The molecule has 18 heavy (non-hydrogen) atoms. The molecule has 0 fully saturated rings. The lowest BCUT2D eigenvalue weighted by Crippen LogP contribution is -2.43. The van der Waals surface area contributed by atoms with Crippen LogP contribution in [0.15, 0.2) is 16.7 Å². The molecule has 1 aliphatic heterocycles. The maximum absolute atomic E-state index is 12.1. The van der Waals surface area contributed by atoms with E-state index in [0.717, 1.165) is 16.8 Å². The van der Waals surface area contributed by atoms with Crippen LogP contribution >= 0.6 is 15.9 Å². The Morgan fingerprint density at radius 3 is 2.67 bits per heavy atom. The SMILES string of the molecule is CC1c2ccc(Br)n2CCN1C(=O)OC(C)(C)C. The second kappa shape index (κ2) is 4.61. The van der Waals surface area contributed by atoms with Crippen molar-refractivity contribution in [3.8, 4) is 0 Å². The molecule has 0 aromatic carbocycles. The lowest BCUT2D eigenvalue weighted by atomic mass is 10.1. The molecule has 0 N–H and O–H groups in total. The van der Waals surface area contributed by atoms with Gasteiger partial charge in [0.1, 0.15) is 5.60 Å². The highest BCUT2D eigenvalue weighted by atomic mass is 79.9. The number of carbonyl (C=O) groups is 1. The van der Waals surface area contributed by atoms with Gasteiger partial charge in [0.2, 0.25) is 0 Å². The smallest absolute Gasteiger partial charge is 0.410 e. The van der Waals surface area contributed by atoms with Crippen molar-refractivity contribution in [3.63, 3.8) is 0 Å². The third-order valence-corrected chi connectivity index (χ3v) is 3.74. The molecule has 1 atom stereocenters. The highest BCUT2D eigenvalue weighted by Gasteiger charge is 2.31. The summed E-state index contributed by atoms with van der Waals surface area (Å²) in [5.74, 6) is 0. The normalized spacial score (nSPS) is 19.6. The van der Waals surface area contributed by atoms with Gasteiger partial charge in [-0.1, -0.05) is 0 Å². The van der Waals surface area contributed by atoms with Gasteiger partial charge in [-0.05, 0) is 55.8 Å². The van der Waals surface area contributed by atoms with Gasteiger partial charge in [0.05, 0.1) is 10.6 Å². The van der Waals surface area contributed by atoms with Gasteiger partial charge < -0.3 is 9.30 Å². The van der Waals surface area contributed by atoms with Crippen LogP contribution in [0.3, 0.4) is 0 Å². The molecule has 5 heteroatoms. The summed E-state index contributed by atoms with van der Waals surface area (Å²) < 4.78 is 8.68. The molecule has 4 nitrogen and oxygen atoms in total. The maximum Gasteiger partial charge on any atom is 0.410 e. The third kappa shape index (κ3) is 2.55. The van der Waals surface area contributed by atoms with E-state index in [4.69, 9.17) is 4.74 Å². The number of carbonyl (C=O) groups excluding carboxylic acids is 1. The predicted molar refractivity (Wildman–Crippen MR) is 73.5 cm³/mol. The molecule has 1 aliphatic rings. The minimum atomic E-state index is -0.448. The van der Waals surface area contributed by atoms with Crippen molar-refractivity contribution in [1.82, 2.24) is 9.47 Å². The Kier molecular flexibility index (Phi) is 3.45. The first-order chi connectivity index (χ1) is 8.29. The first-order valence-corrected chi connectivity index (χ1v) is 6.93. The van der Waals surface area contributed by atoms with Crippen LogP contribution in [0.1, 0.15) is 39.4 Å². The Hall–Kier alpha value is -0.970. The largest absolute Gasteiger partial charge is 0.444 e. The molecule has 1 unspecified atom stereocenters. The molecule has 0 aliphatic carbocycles. The Morgan fingerprint density at radius 2 is 2.06 bits per heavy atom. The van der Waals surface area contributed by atoms with Crippen LogP contribution in [-0.2, 0) is 11.3 Å². The number of hydrogen-bond donors (Lipinski definition) is 0. The van der Waals surface area contributed by atoms with Crippen LogP contribution in [0.4, 0.5) is 4.79 Å². The summed E-state index contributed by atoms with van der Waals surface area (Å²) in [5.41, 5.74) is 0.690. The molecule has 1 aromatic heterocycles. The Bertz CT molecular complexity index is 462. The van der Waals surface area contributed by atoms with Gasteiger partial charge in [-0.2, -0.15) is 0 Å². The van der Waals surface area contributed by atoms with Crippen molar-refractivity contribution in [2.75, 3.05) is 6.54 Å². The van der Waals surface area contributed by atoms with Crippen molar-refractivity contribution in [3.05, 3.63) is 22.4 Å². The second-order valence-corrected chi connectivity index (χ2v) is 6.39. The number of nitrogens with zero attached hydrogens (tertiary/aromatic N) is 2. The van der Waals surface area contributed by atoms with E-state index in [2.05, 4.69) is 20.5 Å². The zero-order valence-corrected chi connectivity index (χ0v) is 12.8. The molecule has 0 saturated heterocycles. The summed E-state index contributed by atoms with van der Waals surface area (Å²) in [6.45, 7) is 9.17. The zero-order valence-electron chi connectivity index (χ0n) is 11.2. The molecule has 0 spiro atoms. The first kappa shape index (κ1) is 13.5. The second-order valence-electron chi connectivity index (χ2n) is 5.58. The fourth-order valence-electron chi connectivity index (χ4n) is 2.19. The van der Waals surface area contributed by atoms with Gasteiger partial charge >= 0.3 is 6.09 Å². The van der Waals surface area contributed by atoms with Crippen molar-refractivity contribution >= 4 is 22.0 Å². The molecular formula is C13H19BrN2O2. The molecule has 2 rings (SSSR count). The number of ether oxygens (including phenoxy) is 1. The summed E-state index contributed by atoms with van der Waals surface area (Å²) in [4.78, 5) is 13.9. The lowest BCUT2D eigenvalue weighted by molar-refractivity contribution is 0.0126. The van der Waals surface area contributed by atoms with E-state index in [1.807, 2.05) is 39.8 Å². The molecule has 0 saturated carbocycles. The quantitative estimate of drug-likeness (QED) is 0.733. The van der Waals surface area contributed by atoms with E-state index in [1.165, 1.54) is 0 Å². The average molecular weight is 315 g/mol. The molecule has 0 radical (unpaired) electrons. The zero-order chi connectivity index (χ0) is 13.5. The molecule has 0 bridgehead atoms. The first-order valence-electron chi connectivity index (χ1n) is 6.14. The molecule has 1 aromatic rings. The Balaban J connectivity index is 2.17. The molecule has 1 amide bonds. The highest BCUT2D eigenvalue weighted by Crippen LogP contribution is 2.30. The Labute approximate surface area is 116 Å². The number of rotatable bonds is 0. The van der Waals surface area contributed by atoms with E-state index in [9.17, 15) is 4.79 Å². The van der Waals surface area contributed by atoms with E-state index >= 15 is 0 Å². The van der Waals surface area contributed by atoms with Crippen molar-refractivity contribution in [2.45, 2.75) is 45.9 Å². The van der Waals surface area contributed by atoms with E-state index < -0.39 is 5.60 Å². The summed E-state index contributed by atoms with van der Waals surface area (Å²) in [6, 6.07) is 4.11. The molecule has 2 heterocycles. The van der Waals surface area contributed by atoms with Crippen molar-refractivity contribution in [1.29, 1.82) is 0 Å². The van der Waals surface area contributed by atoms with Crippen LogP contribution in [0.5, 0.6) is 0 Å². The summed E-state index contributed by atoms with van der Waals surface area (Å²) >= 11 is 3.51. The minimum absolute atomic E-state index is 0.0416. The van der Waals surface area contributed by atoms with Gasteiger partial charge in [0, 0.05) is 18.8 Å². The van der Waals surface area contributed by atoms with Crippen molar-refractivity contribution in [2.24, 2.45) is 0 Å². The minimum Gasteiger partial charge on any atom is -0.444 e. The monoisotopic (exact) mass is 314 g/mol. The van der Waals surface area contributed by atoms with Crippen LogP contribution in [0, 0.1) is 0 Å². The third-order valence-electron chi connectivity index (χ3n) is 3.05. The van der Waals surface area contributed by atoms with E-state index in [-0.39, 0.29) is 12.1 Å². The summed E-state index contributed by atoms with van der Waals surface area (Å²) in [7, 11) is 0. The van der Waals surface area contributed by atoms with Gasteiger partial charge in [0.25, 0.3) is 0 Å². The number of aromatic nitrogens is 1. The Morgan fingerprint density at radius 1 is 1.39 bits per heavy atom. The van der Waals surface area contributed by atoms with Crippen LogP contribution in [0.25, 0.3) is 0 Å². The van der Waals surface area contributed by atoms with Crippen LogP contribution in [0.2, 0.25) is 0 Å². The number of fused-ring (bicyclic) bond motifs is 1. The van der Waals surface area contributed by atoms with Gasteiger partial charge in [0.15, 0.2) is 0 Å². The van der Waals surface area contributed by atoms with E-state index in [0.29, 0.717) is 6.54 Å². The maximum atomic E-state index is 12.1. The topological polar surface area (TPSA) is 34.5 Å². The summed E-state index contributed by atoms with van der Waals surface area (Å²) in [5, 5.41) is 0. The van der Waals surface area contributed by atoms with E-state index in [1.54, 1.807) is 4.90 Å². The highest BCUT2D eigenvalue weighted by molar-refractivity contribution is 9.10. The van der Waals surface area contributed by atoms with Crippen LogP contribution in [-0.4, -0.2) is 27.7 Å².